The Morgan fingerprint density at radius 2 is 1.83 bits per heavy atom. The highest BCUT2D eigenvalue weighted by Gasteiger charge is 2.09. The molecule has 0 radical (unpaired) electrons. The maximum absolute atomic E-state index is 12.1. The maximum Gasteiger partial charge on any atom is 0.343 e. The predicted molar refractivity (Wildman–Crippen MR) is 89.3 cm³/mol. The molecule has 2 aromatic carbocycles. The van der Waals surface area contributed by atoms with Crippen LogP contribution >= 0.6 is 0 Å². The highest BCUT2D eigenvalue weighted by molar-refractivity contribution is 5.54. The first-order valence-electron chi connectivity index (χ1n) is 7.51. The van der Waals surface area contributed by atoms with E-state index in [1.807, 2.05) is 61.5 Å². The molecule has 1 heterocycles. The van der Waals surface area contributed by atoms with Crippen LogP contribution in [0.15, 0.2) is 59.4 Å². The van der Waals surface area contributed by atoms with Gasteiger partial charge in [0.25, 0.3) is 0 Å². The summed E-state index contributed by atoms with van der Waals surface area (Å²) < 4.78 is 6.73. The normalized spacial score (nSPS) is 12.3. The van der Waals surface area contributed by atoms with Crippen molar-refractivity contribution < 1.29 is 4.74 Å². The van der Waals surface area contributed by atoms with Crippen molar-refractivity contribution in [3.8, 4) is 11.4 Å². The largest absolute Gasteiger partial charge is 0.377 e. The van der Waals surface area contributed by atoms with E-state index in [1.54, 1.807) is 7.11 Å². The molecule has 1 aromatic heterocycles. The first kappa shape index (κ1) is 15.2. The molecule has 0 aliphatic carbocycles. The van der Waals surface area contributed by atoms with E-state index >= 15 is 0 Å². The number of benzene rings is 2. The Morgan fingerprint density at radius 3 is 2.48 bits per heavy atom. The monoisotopic (exact) mass is 309 g/mol. The average molecular weight is 309 g/mol. The fourth-order valence-corrected chi connectivity index (χ4v) is 2.40. The van der Waals surface area contributed by atoms with Gasteiger partial charge < -0.3 is 4.74 Å². The highest BCUT2D eigenvalue weighted by atomic mass is 16.5. The Labute approximate surface area is 134 Å². The van der Waals surface area contributed by atoms with Gasteiger partial charge in [-0.1, -0.05) is 54.6 Å². The van der Waals surface area contributed by atoms with Crippen molar-refractivity contribution in [1.29, 1.82) is 0 Å². The van der Waals surface area contributed by atoms with Crippen molar-refractivity contribution in [1.82, 2.24) is 14.8 Å². The average Bonchev–Trinajstić information content (AvgIpc) is 2.96. The SMILES string of the molecule is CO[C@H](C)c1ccc(-c2nn(Cc3ccccc3)c(=O)[nH]2)cc1. The number of nitrogens with zero attached hydrogens (tertiary/aromatic N) is 2. The van der Waals surface area contributed by atoms with E-state index in [2.05, 4.69) is 10.1 Å². The standard InChI is InChI=1S/C18H19N3O2/c1-13(23-2)15-8-10-16(11-9-15)17-19-18(22)21(20-17)12-14-6-4-3-5-7-14/h3-11,13H,12H2,1-2H3,(H,19,20,22)/t13-/m1/s1. The summed E-state index contributed by atoms with van der Waals surface area (Å²) in [5.41, 5.74) is 2.79. The zero-order valence-electron chi connectivity index (χ0n) is 13.2. The van der Waals surface area contributed by atoms with Gasteiger partial charge in [-0.25, -0.2) is 9.48 Å². The molecule has 0 unspecified atom stereocenters. The van der Waals surface area contributed by atoms with E-state index in [9.17, 15) is 4.79 Å². The van der Waals surface area contributed by atoms with Gasteiger partial charge in [0.1, 0.15) is 0 Å². The number of nitrogens with one attached hydrogen (secondary N) is 1. The van der Waals surface area contributed by atoms with Gasteiger partial charge in [0.05, 0.1) is 12.6 Å². The van der Waals surface area contributed by atoms with E-state index in [0.717, 1.165) is 16.7 Å². The van der Waals surface area contributed by atoms with E-state index in [-0.39, 0.29) is 11.8 Å². The second-order valence-corrected chi connectivity index (χ2v) is 5.42. The van der Waals surface area contributed by atoms with Gasteiger partial charge in [-0.2, -0.15) is 0 Å². The molecule has 23 heavy (non-hydrogen) atoms. The van der Waals surface area contributed by atoms with Crippen LogP contribution in [0.5, 0.6) is 0 Å². The number of H-pyrrole nitrogens is 1. The number of hydrogen-bond acceptors (Lipinski definition) is 3. The van der Waals surface area contributed by atoms with Crippen molar-refractivity contribution in [3.63, 3.8) is 0 Å². The van der Waals surface area contributed by atoms with Crippen LogP contribution in [-0.2, 0) is 11.3 Å². The van der Waals surface area contributed by atoms with Crippen LogP contribution in [0.3, 0.4) is 0 Å². The molecular weight excluding hydrogens is 290 g/mol. The summed E-state index contributed by atoms with van der Waals surface area (Å²) in [5, 5.41) is 4.39. The molecule has 0 bridgehead atoms. The first-order valence-corrected chi connectivity index (χ1v) is 7.51. The third kappa shape index (κ3) is 3.40. The zero-order valence-corrected chi connectivity index (χ0v) is 13.2. The molecule has 1 atom stereocenters. The number of methoxy groups -OCH3 is 1. The topological polar surface area (TPSA) is 59.9 Å². The lowest BCUT2D eigenvalue weighted by molar-refractivity contribution is 0.119. The fraction of sp³-hybridized carbons (Fsp3) is 0.222. The van der Waals surface area contributed by atoms with Crippen molar-refractivity contribution in [3.05, 3.63) is 76.2 Å². The third-order valence-corrected chi connectivity index (χ3v) is 3.86. The summed E-state index contributed by atoms with van der Waals surface area (Å²) in [4.78, 5) is 14.9. The molecule has 118 valence electrons. The molecule has 5 heteroatoms. The van der Waals surface area contributed by atoms with Crippen molar-refractivity contribution in [2.24, 2.45) is 0 Å². The summed E-state index contributed by atoms with van der Waals surface area (Å²) in [7, 11) is 1.68. The maximum atomic E-state index is 12.1. The number of aromatic amines is 1. The Morgan fingerprint density at radius 1 is 1.13 bits per heavy atom. The van der Waals surface area contributed by atoms with Crippen LogP contribution < -0.4 is 5.69 Å². The quantitative estimate of drug-likeness (QED) is 0.788. The number of ether oxygens (including phenoxy) is 1. The van der Waals surface area contributed by atoms with Crippen LogP contribution in [0.25, 0.3) is 11.4 Å². The van der Waals surface area contributed by atoms with Crippen molar-refractivity contribution in [2.75, 3.05) is 7.11 Å². The zero-order chi connectivity index (χ0) is 16.2. The third-order valence-electron chi connectivity index (χ3n) is 3.86. The lowest BCUT2D eigenvalue weighted by atomic mass is 10.1. The predicted octanol–water partition coefficient (Wildman–Crippen LogP) is 2.99. The molecule has 0 fully saturated rings. The van der Waals surface area contributed by atoms with Gasteiger partial charge in [-0.15, -0.1) is 5.10 Å². The molecule has 0 saturated heterocycles. The Bertz CT molecular complexity index is 819. The van der Waals surface area contributed by atoms with Gasteiger partial charge in [0, 0.05) is 12.7 Å². The van der Waals surface area contributed by atoms with Crippen LogP contribution in [0.4, 0.5) is 0 Å². The summed E-state index contributed by atoms with van der Waals surface area (Å²) >= 11 is 0. The van der Waals surface area contributed by atoms with E-state index < -0.39 is 0 Å². The summed E-state index contributed by atoms with van der Waals surface area (Å²) in [6.45, 7) is 2.44. The van der Waals surface area contributed by atoms with Gasteiger partial charge in [0.2, 0.25) is 0 Å². The van der Waals surface area contributed by atoms with E-state index in [1.165, 1.54) is 4.68 Å². The molecular formula is C18H19N3O2. The number of rotatable bonds is 5. The molecule has 0 aliphatic rings. The van der Waals surface area contributed by atoms with E-state index in [4.69, 9.17) is 4.74 Å². The molecule has 0 aliphatic heterocycles. The van der Waals surface area contributed by atoms with Crippen molar-refractivity contribution >= 4 is 0 Å². The minimum absolute atomic E-state index is 0.0405. The van der Waals surface area contributed by atoms with Gasteiger partial charge >= 0.3 is 5.69 Å². The summed E-state index contributed by atoms with van der Waals surface area (Å²) in [6.07, 6.45) is 0.0405. The van der Waals surface area contributed by atoms with Crippen molar-refractivity contribution in [2.45, 2.75) is 19.6 Å². The van der Waals surface area contributed by atoms with Gasteiger partial charge in [-0.3, -0.25) is 4.98 Å². The smallest absolute Gasteiger partial charge is 0.343 e. The molecule has 0 spiro atoms. The Balaban J connectivity index is 1.84. The second kappa shape index (κ2) is 6.62. The van der Waals surface area contributed by atoms with Crippen LogP contribution in [0.2, 0.25) is 0 Å². The molecule has 3 aromatic rings. The lowest BCUT2D eigenvalue weighted by Crippen LogP contribution is -2.18. The minimum Gasteiger partial charge on any atom is -0.377 e. The number of hydrogen-bond donors (Lipinski definition) is 1. The molecule has 0 amide bonds. The first-order chi connectivity index (χ1) is 11.2. The molecule has 3 rings (SSSR count). The lowest BCUT2D eigenvalue weighted by Gasteiger charge is -2.09. The molecule has 5 nitrogen and oxygen atoms in total. The number of aromatic nitrogens is 3. The summed E-state index contributed by atoms with van der Waals surface area (Å²) in [5.74, 6) is 0.572. The van der Waals surface area contributed by atoms with Gasteiger partial charge in [-0.05, 0) is 18.1 Å². The molecule has 1 N–H and O–H groups in total. The van der Waals surface area contributed by atoms with E-state index in [0.29, 0.717) is 12.4 Å². The summed E-state index contributed by atoms with van der Waals surface area (Å²) in [6, 6.07) is 17.6. The van der Waals surface area contributed by atoms with Crippen LogP contribution in [0, 0.1) is 0 Å². The fourth-order valence-electron chi connectivity index (χ4n) is 2.40. The van der Waals surface area contributed by atoms with Crippen LogP contribution in [0.1, 0.15) is 24.2 Å². The molecule has 0 saturated carbocycles. The van der Waals surface area contributed by atoms with Gasteiger partial charge in [0.15, 0.2) is 5.82 Å². The highest BCUT2D eigenvalue weighted by Crippen LogP contribution is 2.20. The second-order valence-electron chi connectivity index (χ2n) is 5.42. The Hall–Kier alpha value is -2.66. The van der Waals surface area contributed by atoms with Crippen LogP contribution in [-0.4, -0.2) is 21.9 Å². The minimum atomic E-state index is -0.210. The Kier molecular flexibility index (Phi) is 4.39.